The quantitative estimate of drug-likeness (QED) is 0.887. The lowest BCUT2D eigenvalue weighted by molar-refractivity contribution is -0.121. The lowest BCUT2D eigenvalue weighted by Crippen LogP contribution is -2.24. The minimum absolute atomic E-state index is 0.00711. The van der Waals surface area contributed by atoms with Crippen molar-refractivity contribution < 1.29 is 4.79 Å². The Bertz CT molecular complexity index is 674. The van der Waals surface area contributed by atoms with Gasteiger partial charge >= 0.3 is 0 Å². The van der Waals surface area contributed by atoms with Crippen molar-refractivity contribution in [3.63, 3.8) is 0 Å². The first-order valence-corrected chi connectivity index (χ1v) is 7.79. The summed E-state index contributed by atoms with van der Waals surface area (Å²) in [5.41, 5.74) is 3.69. The van der Waals surface area contributed by atoms with Crippen LogP contribution in [0.15, 0.2) is 6.20 Å². The van der Waals surface area contributed by atoms with Crippen LogP contribution in [0.5, 0.6) is 0 Å². The smallest absolute Gasteiger partial charge is 0.222 e. The predicted octanol–water partition coefficient (Wildman–Crippen LogP) is 2.38. The van der Waals surface area contributed by atoms with Crippen LogP contribution in [0, 0.1) is 20.8 Å². The second kappa shape index (κ2) is 6.96. The molecule has 0 saturated carbocycles. The summed E-state index contributed by atoms with van der Waals surface area (Å²) < 4.78 is 3.65. The number of nitrogens with zero attached hydrogens (tertiary/aromatic N) is 4. The number of amides is 1. The average molecular weight is 324 g/mol. The molecule has 0 aromatic carbocycles. The highest BCUT2D eigenvalue weighted by atomic mass is 35.5. The van der Waals surface area contributed by atoms with Crippen molar-refractivity contribution in [2.75, 3.05) is 0 Å². The van der Waals surface area contributed by atoms with Gasteiger partial charge in [0.2, 0.25) is 5.91 Å². The van der Waals surface area contributed by atoms with Crippen LogP contribution in [0.2, 0.25) is 5.02 Å². The molecule has 120 valence electrons. The van der Waals surface area contributed by atoms with Crippen LogP contribution < -0.4 is 5.32 Å². The molecule has 2 rings (SSSR count). The fourth-order valence-electron chi connectivity index (χ4n) is 2.28. The third-order valence-electron chi connectivity index (χ3n) is 3.69. The SMILES string of the molecule is CCn1cc(CNC(=O)CCn2nc(C)c(Cl)c2C)c(C)n1. The molecule has 0 aliphatic carbocycles. The number of aromatic nitrogens is 4. The van der Waals surface area contributed by atoms with Crippen molar-refractivity contribution in [2.45, 2.75) is 53.8 Å². The van der Waals surface area contributed by atoms with E-state index in [9.17, 15) is 4.79 Å². The number of aryl methyl sites for hydroxylation is 4. The van der Waals surface area contributed by atoms with Crippen molar-refractivity contribution in [2.24, 2.45) is 0 Å². The molecule has 2 aromatic rings. The van der Waals surface area contributed by atoms with Crippen molar-refractivity contribution in [3.8, 4) is 0 Å². The minimum atomic E-state index is -0.00711. The van der Waals surface area contributed by atoms with E-state index in [-0.39, 0.29) is 5.91 Å². The minimum Gasteiger partial charge on any atom is -0.352 e. The summed E-state index contributed by atoms with van der Waals surface area (Å²) in [6.07, 6.45) is 2.34. The molecule has 7 heteroatoms. The maximum Gasteiger partial charge on any atom is 0.222 e. The molecule has 0 spiro atoms. The van der Waals surface area contributed by atoms with Gasteiger partial charge in [0, 0.05) is 31.3 Å². The van der Waals surface area contributed by atoms with Crippen molar-refractivity contribution in [1.82, 2.24) is 24.9 Å². The summed E-state index contributed by atoms with van der Waals surface area (Å²) in [6.45, 7) is 9.61. The van der Waals surface area contributed by atoms with Gasteiger partial charge in [0.05, 0.1) is 28.6 Å². The zero-order valence-corrected chi connectivity index (χ0v) is 14.2. The molecule has 0 fully saturated rings. The standard InChI is InChI=1S/C15H22ClN5O/c1-5-20-9-13(10(2)18-20)8-17-14(22)6-7-21-12(4)15(16)11(3)19-21/h9H,5-8H2,1-4H3,(H,17,22). The Morgan fingerprint density at radius 3 is 2.55 bits per heavy atom. The van der Waals surface area contributed by atoms with Crippen LogP contribution >= 0.6 is 11.6 Å². The van der Waals surface area contributed by atoms with Crippen molar-refractivity contribution in [3.05, 3.63) is 33.9 Å². The molecule has 0 saturated heterocycles. The molecule has 0 bridgehead atoms. The van der Waals surface area contributed by atoms with Gasteiger partial charge in [-0.2, -0.15) is 10.2 Å². The molecule has 0 unspecified atom stereocenters. The molecular weight excluding hydrogens is 302 g/mol. The van der Waals surface area contributed by atoms with Gasteiger partial charge in [-0.1, -0.05) is 11.6 Å². The number of rotatable bonds is 6. The number of nitrogens with one attached hydrogen (secondary N) is 1. The fraction of sp³-hybridized carbons (Fsp3) is 0.533. The van der Waals surface area contributed by atoms with E-state index in [0.717, 1.165) is 29.2 Å². The molecule has 0 atom stereocenters. The average Bonchev–Trinajstić information content (AvgIpc) is 2.98. The van der Waals surface area contributed by atoms with Gasteiger partial charge in [-0.3, -0.25) is 14.2 Å². The van der Waals surface area contributed by atoms with Gasteiger partial charge < -0.3 is 5.32 Å². The molecule has 0 aliphatic rings. The highest BCUT2D eigenvalue weighted by molar-refractivity contribution is 6.31. The van der Waals surface area contributed by atoms with E-state index >= 15 is 0 Å². The van der Waals surface area contributed by atoms with Crippen LogP contribution in [0.3, 0.4) is 0 Å². The van der Waals surface area contributed by atoms with Gasteiger partial charge in [-0.05, 0) is 27.7 Å². The topological polar surface area (TPSA) is 64.7 Å². The van der Waals surface area contributed by atoms with Crippen molar-refractivity contribution >= 4 is 17.5 Å². The lowest BCUT2D eigenvalue weighted by atomic mass is 10.2. The van der Waals surface area contributed by atoms with Crippen LogP contribution in [-0.2, 0) is 24.4 Å². The maximum absolute atomic E-state index is 12.0. The number of carbonyl (C=O) groups excluding carboxylic acids is 1. The Morgan fingerprint density at radius 1 is 1.27 bits per heavy atom. The molecule has 22 heavy (non-hydrogen) atoms. The Hall–Kier alpha value is -1.82. The monoisotopic (exact) mass is 323 g/mol. The van der Waals surface area contributed by atoms with E-state index in [4.69, 9.17) is 11.6 Å². The molecule has 0 radical (unpaired) electrons. The van der Waals surface area contributed by atoms with Crippen LogP contribution in [0.1, 0.15) is 36.0 Å². The summed E-state index contributed by atoms with van der Waals surface area (Å²) in [6, 6.07) is 0. The van der Waals surface area contributed by atoms with E-state index in [1.54, 1.807) is 4.68 Å². The first-order chi connectivity index (χ1) is 10.4. The Kier molecular flexibility index (Phi) is 5.24. The maximum atomic E-state index is 12.0. The summed E-state index contributed by atoms with van der Waals surface area (Å²) >= 11 is 6.10. The third-order valence-corrected chi connectivity index (χ3v) is 4.24. The number of hydrogen-bond donors (Lipinski definition) is 1. The highest BCUT2D eigenvalue weighted by Crippen LogP contribution is 2.18. The second-order valence-corrected chi connectivity index (χ2v) is 5.71. The van der Waals surface area contributed by atoms with E-state index in [1.807, 2.05) is 38.6 Å². The van der Waals surface area contributed by atoms with Gasteiger partial charge in [0.15, 0.2) is 0 Å². The molecular formula is C15H22ClN5O. The molecule has 1 amide bonds. The first kappa shape index (κ1) is 16.5. The fourth-order valence-corrected chi connectivity index (χ4v) is 2.41. The van der Waals surface area contributed by atoms with Crippen molar-refractivity contribution in [1.29, 1.82) is 0 Å². The van der Waals surface area contributed by atoms with E-state index in [2.05, 4.69) is 15.5 Å². The largest absolute Gasteiger partial charge is 0.352 e. The highest BCUT2D eigenvalue weighted by Gasteiger charge is 2.11. The molecule has 2 heterocycles. The third kappa shape index (κ3) is 3.68. The summed E-state index contributed by atoms with van der Waals surface area (Å²) in [7, 11) is 0. The zero-order chi connectivity index (χ0) is 16.3. The predicted molar refractivity (Wildman–Crippen MR) is 85.8 cm³/mol. The Balaban J connectivity index is 1.85. The Labute approximate surface area is 135 Å². The van der Waals surface area contributed by atoms with Gasteiger partial charge in [-0.25, -0.2) is 0 Å². The van der Waals surface area contributed by atoms with Crippen LogP contribution in [0.4, 0.5) is 0 Å². The summed E-state index contributed by atoms with van der Waals surface area (Å²) in [5.74, 6) is -0.00711. The summed E-state index contributed by atoms with van der Waals surface area (Å²) in [5, 5.41) is 12.3. The van der Waals surface area contributed by atoms with Gasteiger partial charge in [0.1, 0.15) is 0 Å². The van der Waals surface area contributed by atoms with Crippen LogP contribution in [0.25, 0.3) is 0 Å². The zero-order valence-electron chi connectivity index (χ0n) is 13.5. The number of hydrogen-bond acceptors (Lipinski definition) is 3. The Morgan fingerprint density at radius 2 is 2.00 bits per heavy atom. The summed E-state index contributed by atoms with van der Waals surface area (Å²) in [4.78, 5) is 12.0. The number of carbonyl (C=O) groups is 1. The van der Waals surface area contributed by atoms with E-state index < -0.39 is 0 Å². The normalized spacial score (nSPS) is 11.0. The first-order valence-electron chi connectivity index (χ1n) is 7.41. The van der Waals surface area contributed by atoms with E-state index in [0.29, 0.717) is 24.5 Å². The van der Waals surface area contributed by atoms with Crippen LogP contribution in [-0.4, -0.2) is 25.5 Å². The lowest BCUT2D eigenvalue weighted by Gasteiger charge is -2.06. The second-order valence-electron chi connectivity index (χ2n) is 5.33. The molecule has 2 aromatic heterocycles. The number of halogens is 1. The molecule has 1 N–H and O–H groups in total. The van der Waals surface area contributed by atoms with E-state index in [1.165, 1.54) is 0 Å². The molecule has 6 nitrogen and oxygen atoms in total. The molecule has 0 aliphatic heterocycles. The van der Waals surface area contributed by atoms with Gasteiger partial charge in [0.25, 0.3) is 0 Å². The van der Waals surface area contributed by atoms with Gasteiger partial charge in [-0.15, -0.1) is 0 Å².